The van der Waals surface area contributed by atoms with Crippen LogP contribution in [0.5, 0.6) is 11.5 Å². The lowest BCUT2D eigenvalue weighted by Crippen LogP contribution is -2.21. The summed E-state index contributed by atoms with van der Waals surface area (Å²) in [6.07, 6.45) is 1.11. The Morgan fingerprint density at radius 3 is 2.48 bits per heavy atom. The van der Waals surface area contributed by atoms with Crippen LogP contribution in [0.3, 0.4) is 0 Å². The zero-order valence-corrected chi connectivity index (χ0v) is 15.0. The topological polar surface area (TPSA) is 59.6 Å². The van der Waals surface area contributed by atoms with Gasteiger partial charge in [-0.05, 0) is 56.7 Å². The Labute approximate surface area is 149 Å². The van der Waals surface area contributed by atoms with E-state index < -0.39 is 0 Å². The predicted octanol–water partition coefficient (Wildman–Crippen LogP) is 4.31. The summed E-state index contributed by atoms with van der Waals surface area (Å²) < 4.78 is 11.2. The molecule has 134 valence electrons. The molecule has 2 aromatic rings. The van der Waals surface area contributed by atoms with Crippen LogP contribution in [0.25, 0.3) is 0 Å². The van der Waals surface area contributed by atoms with Gasteiger partial charge in [-0.3, -0.25) is 4.79 Å². The minimum atomic E-state index is -0.114. The zero-order valence-electron chi connectivity index (χ0n) is 15.0. The largest absolute Gasteiger partial charge is 0.494 e. The van der Waals surface area contributed by atoms with Crippen LogP contribution >= 0.6 is 0 Å². The average molecular weight is 342 g/mol. The Bertz CT molecular complexity index is 671. The summed E-state index contributed by atoms with van der Waals surface area (Å²) in [6.45, 7) is 6.85. The maximum absolute atomic E-state index is 12.1. The van der Waals surface area contributed by atoms with Crippen molar-refractivity contribution in [2.45, 2.75) is 33.3 Å². The van der Waals surface area contributed by atoms with Gasteiger partial charge in [-0.25, -0.2) is 0 Å². The molecule has 0 saturated carbocycles. The fourth-order valence-electron chi connectivity index (χ4n) is 2.18. The third-order valence-electron chi connectivity index (χ3n) is 3.65. The highest BCUT2D eigenvalue weighted by Gasteiger charge is 2.05. The molecule has 5 nitrogen and oxygen atoms in total. The Hall–Kier alpha value is -2.69. The van der Waals surface area contributed by atoms with Crippen molar-refractivity contribution in [2.24, 2.45) is 0 Å². The number of hydrogen-bond donors (Lipinski definition) is 2. The molecule has 5 heteroatoms. The highest BCUT2D eigenvalue weighted by atomic mass is 16.5. The molecule has 1 atom stereocenters. The maximum atomic E-state index is 12.1. The highest BCUT2D eigenvalue weighted by molar-refractivity contribution is 5.93. The average Bonchev–Trinajstić information content (AvgIpc) is 2.62. The molecule has 0 spiro atoms. The molecule has 0 fully saturated rings. The van der Waals surface area contributed by atoms with Crippen molar-refractivity contribution in [1.29, 1.82) is 0 Å². The number of nitrogens with one attached hydrogen (secondary N) is 2. The molecule has 1 amide bonds. The van der Waals surface area contributed by atoms with E-state index in [9.17, 15) is 4.79 Å². The summed E-state index contributed by atoms with van der Waals surface area (Å²) in [4.78, 5) is 12.1. The third kappa shape index (κ3) is 6.37. The lowest BCUT2D eigenvalue weighted by molar-refractivity contribution is -0.114. The van der Waals surface area contributed by atoms with Gasteiger partial charge in [0.2, 0.25) is 5.91 Å². The van der Waals surface area contributed by atoms with Crippen molar-refractivity contribution < 1.29 is 14.3 Å². The number of ether oxygens (including phenoxy) is 2. The van der Waals surface area contributed by atoms with Gasteiger partial charge in [0.1, 0.15) is 11.5 Å². The van der Waals surface area contributed by atoms with Gasteiger partial charge >= 0.3 is 0 Å². The first-order valence-corrected chi connectivity index (χ1v) is 8.64. The molecular weight excluding hydrogens is 316 g/mol. The molecule has 1 unspecified atom stereocenters. The van der Waals surface area contributed by atoms with Crippen LogP contribution in [-0.2, 0) is 4.79 Å². The monoisotopic (exact) mass is 342 g/mol. The number of carbonyl (C=O) groups excluding carboxylic acids is 1. The highest BCUT2D eigenvalue weighted by Crippen LogP contribution is 2.19. The third-order valence-corrected chi connectivity index (χ3v) is 3.65. The molecule has 2 aromatic carbocycles. The second-order valence-corrected chi connectivity index (χ2v) is 5.72. The van der Waals surface area contributed by atoms with Crippen molar-refractivity contribution in [3.63, 3.8) is 0 Å². The number of benzene rings is 2. The van der Waals surface area contributed by atoms with E-state index >= 15 is 0 Å². The van der Waals surface area contributed by atoms with Crippen molar-refractivity contribution in [3.05, 3.63) is 48.5 Å². The van der Waals surface area contributed by atoms with Crippen LogP contribution in [0.15, 0.2) is 48.5 Å². The SMILES string of the molecule is CCOc1ccc(NC(=O)CNc2cccc(OC(C)CC)c2)cc1. The van der Waals surface area contributed by atoms with Gasteiger partial charge in [-0.1, -0.05) is 13.0 Å². The second-order valence-electron chi connectivity index (χ2n) is 5.72. The number of carbonyl (C=O) groups is 1. The van der Waals surface area contributed by atoms with Gasteiger partial charge in [0.15, 0.2) is 0 Å². The first-order valence-electron chi connectivity index (χ1n) is 8.64. The molecule has 0 saturated heterocycles. The molecule has 0 heterocycles. The van der Waals surface area contributed by atoms with Crippen LogP contribution in [-0.4, -0.2) is 25.2 Å². The number of anilines is 2. The molecule has 0 radical (unpaired) electrons. The second kappa shape index (κ2) is 9.57. The van der Waals surface area contributed by atoms with Gasteiger partial charge in [-0.2, -0.15) is 0 Å². The molecule has 0 aromatic heterocycles. The minimum Gasteiger partial charge on any atom is -0.494 e. The van der Waals surface area contributed by atoms with Crippen LogP contribution in [0.2, 0.25) is 0 Å². The summed E-state index contributed by atoms with van der Waals surface area (Å²) >= 11 is 0. The quantitative estimate of drug-likeness (QED) is 0.713. The van der Waals surface area contributed by atoms with Crippen molar-refractivity contribution >= 4 is 17.3 Å². The zero-order chi connectivity index (χ0) is 18.1. The van der Waals surface area contributed by atoms with E-state index in [-0.39, 0.29) is 18.6 Å². The molecule has 0 bridgehead atoms. The van der Waals surface area contributed by atoms with Crippen molar-refractivity contribution in [3.8, 4) is 11.5 Å². The van der Waals surface area contributed by atoms with E-state index in [0.717, 1.165) is 29.3 Å². The van der Waals surface area contributed by atoms with Crippen LogP contribution < -0.4 is 20.1 Å². The summed E-state index contributed by atoms with van der Waals surface area (Å²) in [5.41, 5.74) is 1.59. The van der Waals surface area contributed by atoms with Crippen LogP contribution in [0.4, 0.5) is 11.4 Å². The fourth-order valence-corrected chi connectivity index (χ4v) is 2.18. The minimum absolute atomic E-state index is 0.114. The number of rotatable bonds is 9. The van der Waals surface area contributed by atoms with Crippen LogP contribution in [0.1, 0.15) is 27.2 Å². The molecular formula is C20H26N2O3. The van der Waals surface area contributed by atoms with Gasteiger partial charge in [0, 0.05) is 17.4 Å². The molecule has 0 aliphatic heterocycles. The molecule has 0 aliphatic carbocycles. The maximum Gasteiger partial charge on any atom is 0.243 e. The normalized spacial score (nSPS) is 11.5. The first-order chi connectivity index (χ1) is 12.1. The van der Waals surface area contributed by atoms with E-state index in [1.807, 2.05) is 62.4 Å². The van der Waals surface area contributed by atoms with Crippen LogP contribution in [0, 0.1) is 0 Å². The van der Waals surface area contributed by atoms with E-state index in [1.54, 1.807) is 0 Å². The lowest BCUT2D eigenvalue weighted by atomic mass is 10.2. The number of hydrogen-bond acceptors (Lipinski definition) is 4. The first kappa shape index (κ1) is 18.6. The summed E-state index contributed by atoms with van der Waals surface area (Å²) in [5, 5.41) is 5.96. The lowest BCUT2D eigenvalue weighted by Gasteiger charge is -2.14. The molecule has 2 rings (SSSR count). The van der Waals surface area contributed by atoms with E-state index in [1.165, 1.54) is 0 Å². The van der Waals surface area contributed by atoms with Gasteiger partial charge in [0.05, 0.1) is 19.3 Å². The standard InChI is InChI=1S/C20H26N2O3/c1-4-15(3)25-19-8-6-7-17(13-19)21-14-20(23)22-16-9-11-18(12-10-16)24-5-2/h6-13,15,21H,4-5,14H2,1-3H3,(H,22,23). The summed E-state index contributed by atoms with van der Waals surface area (Å²) in [6, 6.07) is 14.9. The number of amides is 1. The van der Waals surface area contributed by atoms with E-state index in [2.05, 4.69) is 17.6 Å². The Morgan fingerprint density at radius 1 is 1.04 bits per heavy atom. The molecule has 2 N–H and O–H groups in total. The van der Waals surface area contributed by atoms with Gasteiger partial charge in [-0.15, -0.1) is 0 Å². The molecule has 0 aliphatic rings. The van der Waals surface area contributed by atoms with Crippen molar-refractivity contribution in [1.82, 2.24) is 0 Å². The Balaban J connectivity index is 1.84. The molecule has 25 heavy (non-hydrogen) atoms. The summed E-state index contributed by atoms with van der Waals surface area (Å²) in [5.74, 6) is 1.47. The predicted molar refractivity (Wildman–Crippen MR) is 102 cm³/mol. The Morgan fingerprint density at radius 2 is 1.80 bits per heavy atom. The smallest absolute Gasteiger partial charge is 0.243 e. The van der Waals surface area contributed by atoms with Gasteiger partial charge in [0.25, 0.3) is 0 Å². The van der Waals surface area contributed by atoms with E-state index in [4.69, 9.17) is 9.47 Å². The van der Waals surface area contributed by atoms with Crippen molar-refractivity contribution in [2.75, 3.05) is 23.8 Å². The van der Waals surface area contributed by atoms with Gasteiger partial charge < -0.3 is 20.1 Å². The fraction of sp³-hybridized carbons (Fsp3) is 0.350. The Kier molecular flexibility index (Phi) is 7.14. The summed E-state index contributed by atoms with van der Waals surface area (Å²) in [7, 11) is 0. The van der Waals surface area contributed by atoms with E-state index in [0.29, 0.717) is 6.61 Å².